The van der Waals surface area contributed by atoms with Crippen molar-refractivity contribution in [1.82, 2.24) is 9.36 Å². The Morgan fingerprint density at radius 3 is 2.74 bits per heavy atom. The molecule has 2 rings (SSSR count). The second-order valence-electron chi connectivity index (χ2n) is 3.90. The first-order valence-electron chi connectivity index (χ1n) is 5.76. The van der Waals surface area contributed by atoms with Crippen LogP contribution in [0.1, 0.15) is 17.3 Å². The summed E-state index contributed by atoms with van der Waals surface area (Å²) in [5.74, 6) is 0.868. The number of methoxy groups -OCH3 is 1. The number of aryl methyl sites for hydroxylation is 1. The van der Waals surface area contributed by atoms with Crippen LogP contribution in [-0.2, 0) is 9.53 Å². The molecule has 0 spiro atoms. The van der Waals surface area contributed by atoms with E-state index in [0.717, 1.165) is 15.7 Å². The van der Waals surface area contributed by atoms with Crippen molar-refractivity contribution in [2.45, 2.75) is 17.2 Å². The number of carbonyl (C=O) groups is 1. The van der Waals surface area contributed by atoms with Gasteiger partial charge in [-0.1, -0.05) is 42.1 Å². The molecule has 2 aromatic rings. The molecule has 4 nitrogen and oxygen atoms in total. The van der Waals surface area contributed by atoms with Gasteiger partial charge in [0.15, 0.2) is 4.34 Å². The van der Waals surface area contributed by atoms with Gasteiger partial charge in [0.25, 0.3) is 0 Å². The first-order chi connectivity index (χ1) is 9.20. The van der Waals surface area contributed by atoms with Gasteiger partial charge in [-0.15, -0.1) is 0 Å². The highest BCUT2D eigenvalue weighted by Crippen LogP contribution is 2.28. The summed E-state index contributed by atoms with van der Waals surface area (Å²) in [7, 11) is 1.41. The van der Waals surface area contributed by atoms with Crippen LogP contribution in [0.15, 0.2) is 34.7 Å². The molecule has 1 atom stereocenters. The summed E-state index contributed by atoms with van der Waals surface area (Å²) in [6.45, 7) is 1.86. The first kappa shape index (κ1) is 14.0. The van der Waals surface area contributed by atoms with E-state index >= 15 is 0 Å². The normalized spacial score (nSPS) is 12.1. The molecule has 19 heavy (non-hydrogen) atoms. The quantitative estimate of drug-likeness (QED) is 0.627. The van der Waals surface area contributed by atoms with Crippen molar-refractivity contribution < 1.29 is 9.53 Å². The molecule has 0 saturated heterocycles. The van der Waals surface area contributed by atoms with Gasteiger partial charge < -0.3 is 4.74 Å². The Kier molecular flexibility index (Phi) is 4.93. The molecule has 0 bridgehead atoms. The molecule has 100 valence electrons. The Balaban J connectivity index is 2.09. The predicted molar refractivity (Wildman–Crippen MR) is 76.6 cm³/mol. The third kappa shape index (κ3) is 3.78. The van der Waals surface area contributed by atoms with Crippen LogP contribution < -0.4 is 0 Å². The fourth-order valence-corrected chi connectivity index (χ4v) is 3.40. The van der Waals surface area contributed by atoms with E-state index < -0.39 is 0 Å². The van der Waals surface area contributed by atoms with Gasteiger partial charge >= 0.3 is 5.97 Å². The summed E-state index contributed by atoms with van der Waals surface area (Å²) in [6, 6.07) is 9.65. The number of carbonyl (C=O) groups excluding carboxylic acids is 1. The highest BCUT2D eigenvalue weighted by atomic mass is 32.2. The Hall–Kier alpha value is -1.40. The van der Waals surface area contributed by atoms with Crippen LogP contribution in [-0.4, -0.2) is 28.2 Å². The van der Waals surface area contributed by atoms with Crippen molar-refractivity contribution in [1.29, 1.82) is 0 Å². The minimum Gasteiger partial charge on any atom is -0.469 e. The number of benzene rings is 1. The van der Waals surface area contributed by atoms with Gasteiger partial charge in [-0.3, -0.25) is 4.79 Å². The van der Waals surface area contributed by atoms with E-state index in [-0.39, 0.29) is 11.9 Å². The van der Waals surface area contributed by atoms with Crippen molar-refractivity contribution in [3.8, 4) is 0 Å². The van der Waals surface area contributed by atoms with E-state index in [9.17, 15) is 4.79 Å². The Morgan fingerprint density at radius 1 is 1.42 bits per heavy atom. The van der Waals surface area contributed by atoms with E-state index in [1.165, 1.54) is 30.4 Å². The van der Waals surface area contributed by atoms with Gasteiger partial charge in [-0.2, -0.15) is 4.37 Å². The highest BCUT2D eigenvalue weighted by Gasteiger charge is 2.22. The standard InChI is InChI=1S/C13H14N2O2S2/c1-9-14-13(19-15-9)18-8-11(12(16)17-2)10-6-4-3-5-7-10/h3-7,11H,8H2,1-2H3. The molecule has 6 heteroatoms. The van der Waals surface area contributed by atoms with Gasteiger partial charge in [-0.25, -0.2) is 4.98 Å². The zero-order chi connectivity index (χ0) is 13.7. The molecular formula is C13H14N2O2S2. The van der Waals surface area contributed by atoms with Crippen molar-refractivity contribution in [2.24, 2.45) is 0 Å². The zero-order valence-corrected chi connectivity index (χ0v) is 12.3. The summed E-state index contributed by atoms with van der Waals surface area (Å²) in [6.07, 6.45) is 0. The van der Waals surface area contributed by atoms with Crippen LogP contribution in [0.2, 0.25) is 0 Å². The molecule has 1 aromatic carbocycles. The summed E-state index contributed by atoms with van der Waals surface area (Å²) >= 11 is 2.89. The maximum Gasteiger partial charge on any atom is 0.313 e. The maximum atomic E-state index is 11.9. The van der Waals surface area contributed by atoms with Crippen LogP contribution in [0.25, 0.3) is 0 Å². The largest absolute Gasteiger partial charge is 0.469 e. The van der Waals surface area contributed by atoms with E-state index in [0.29, 0.717) is 5.75 Å². The molecule has 0 N–H and O–H groups in total. The molecule has 0 radical (unpaired) electrons. The monoisotopic (exact) mass is 294 g/mol. The summed E-state index contributed by atoms with van der Waals surface area (Å²) in [5, 5.41) is 0. The van der Waals surface area contributed by atoms with Gasteiger partial charge in [-0.05, 0) is 24.0 Å². The van der Waals surface area contributed by atoms with Crippen molar-refractivity contribution in [3.63, 3.8) is 0 Å². The fraction of sp³-hybridized carbons (Fsp3) is 0.308. The number of hydrogen-bond acceptors (Lipinski definition) is 6. The molecule has 0 aliphatic heterocycles. The minimum absolute atomic E-state index is 0.222. The van der Waals surface area contributed by atoms with E-state index in [1.807, 2.05) is 37.3 Å². The zero-order valence-electron chi connectivity index (χ0n) is 10.7. The number of aromatic nitrogens is 2. The van der Waals surface area contributed by atoms with Gasteiger partial charge in [0.1, 0.15) is 5.82 Å². The van der Waals surface area contributed by atoms with E-state index in [2.05, 4.69) is 9.36 Å². The summed E-state index contributed by atoms with van der Waals surface area (Å²) in [4.78, 5) is 16.2. The number of nitrogens with zero attached hydrogens (tertiary/aromatic N) is 2. The van der Waals surface area contributed by atoms with Gasteiger partial charge in [0.05, 0.1) is 13.0 Å². The van der Waals surface area contributed by atoms with Crippen LogP contribution >= 0.6 is 23.3 Å². The van der Waals surface area contributed by atoms with E-state index in [4.69, 9.17) is 4.74 Å². The van der Waals surface area contributed by atoms with Gasteiger partial charge in [0.2, 0.25) is 0 Å². The average Bonchev–Trinajstić information content (AvgIpc) is 2.85. The maximum absolute atomic E-state index is 11.9. The molecule has 0 amide bonds. The number of rotatable bonds is 5. The minimum atomic E-state index is -0.277. The number of thioether (sulfide) groups is 1. The van der Waals surface area contributed by atoms with Crippen molar-refractivity contribution >= 4 is 29.3 Å². The lowest BCUT2D eigenvalue weighted by atomic mass is 10.0. The van der Waals surface area contributed by atoms with Crippen LogP contribution in [0, 0.1) is 6.92 Å². The smallest absolute Gasteiger partial charge is 0.313 e. The van der Waals surface area contributed by atoms with Crippen LogP contribution in [0.3, 0.4) is 0 Å². The van der Waals surface area contributed by atoms with Crippen LogP contribution in [0.4, 0.5) is 0 Å². The molecule has 0 saturated carbocycles. The molecular weight excluding hydrogens is 280 g/mol. The molecule has 1 unspecified atom stereocenters. The third-order valence-corrected chi connectivity index (χ3v) is 4.59. The number of hydrogen-bond donors (Lipinski definition) is 0. The number of ether oxygens (including phenoxy) is 1. The summed E-state index contributed by atoms with van der Waals surface area (Å²) < 4.78 is 9.88. The third-order valence-electron chi connectivity index (χ3n) is 2.57. The molecule has 0 aliphatic carbocycles. The van der Waals surface area contributed by atoms with Crippen molar-refractivity contribution in [2.75, 3.05) is 12.9 Å². The second kappa shape index (κ2) is 6.68. The van der Waals surface area contributed by atoms with Gasteiger partial charge in [0, 0.05) is 5.75 Å². The lowest BCUT2D eigenvalue weighted by Gasteiger charge is -2.13. The SMILES string of the molecule is COC(=O)C(CSc1nc(C)ns1)c1ccccc1. The van der Waals surface area contributed by atoms with Crippen molar-refractivity contribution in [3.05, 3.63) is 41.7 Å². The topological polar surface area (TPSA) is 52.1 Å². The van der Waals surface area contributed by atoms with Crippen LogP contribution in [0.5, 0.6) is 0 Å². The second-order valence-corrected chi connectivity index (χ2v) is 5.92. The average molecular weight is 294 g/mol. The lowest BCUT2D eigenvalue weighted by molar-refractivity contribution is -0.141. The lowest BCUT2D eigenvalue weighted by Crippen LogP contribution is -2.16. The van der Waals surface area contributed by atoms with E-state index in [1.54, 1.807) is 0 Å². The number of esters is 1. The summed E-state index contributed by atoms with van der Waals surface area (Å²) in [5.41, 5.74) is 0.961. The Morgan fingerprint density at radius 2 is 2.16 bits per heavy atom. The molecule has 0 aliphatic rings. The Labute approximate surface area is 120 Å². The molecule has 1 heterocycles. The molecule has 1 aromatic heterocycles. The molecule has 0 fully saturated rings. The predicted octanol–water partition coefficient (Wildman–Crippen LogP) is 2.90. The fourth-order valence-electron chi connectivity index (χ4n) is 1.62. The first-order valence-corrected chi connectivity index (χ1v) is 7.52. The Bertz CT molecular complexity index is 543. The highest BCUT2D eigenvalue weighted by molar-refractivity contribution is 8.01.